The minimum atomic E-state index is -0.403. The molecule has 35 heavy (non-hydrogen) atoms. The Bertz CT molecular complexity index is 1380. The molecule has 0 saturated carbocycles. The summed E-state index contributed by atoms with van der Waals surface area (Å²) in [6, 6.07) is 25.9. The number of methoxy groups -OCH3 is 1. The quantitative estimate of drug-likeness (QED) is 0.284. The van der Waals surface area contributed by atoms with Crippen LogP contribution in [-0.4, -0.2) is 31.7 Å². The molecule has 0 saturated heterocycles. The van der Waals surface area contributed by atoms with Crippen molar-refractivity contribution in [1.29, 1.82) is 0 Å². The zero-order chi connectivity index (χ0) is 24.6. The molecule has 0 aromatic heterocycles. The van der Waals surface area contributed by atoms with Crippen LogP contribution in [0.4, 0.5) is 5.69 Å². The number of amides is 2. The van der Waals surface area contributed by atoms with E-state index in [4.69, 9.17) is 9.47 Å². The molecule has 0 radical (unpaired) electrons. The molecule has 0 spiro atoms. The van der Waals surface area contributed by atoms with Crippen LogP contribution in [0.5, 0.6) is 11.5 Å². The summed E-state index contributed by atoms with van der Waals surface area (Å²) in [5.74, 6) is 0.240. The van der Waals surface area contributed by atoms with Crippen LogP contribution in [0.15, 0.2) is 90.0 Å². The lowest BCUT2D eigenvalue weighted by Crippen LogP contribution is -2.20. The maximum Gasteiger partial charge on any atom is 0.275 e. The maximum atomic E-state index is 12.8. The van der Waals surface area contributed by atoms with Crippen molar-refractivity contribution in [3.8, 4) is 11.5 Å². The fourth-order valence-electron chi connectivity index (χ4n) is 3.48. The molecule has 0 bridgehead atoms. The highest BCUT2D eigenvalue weighted by Gasteiger charge is 2.13. The molecule has 0 heterocycles. The molecule has 2 amide bonds. The lowest BCUT2D eigenvalue weighted by atomic mass is 10.1. The van der Waals surface area contributed by atoms with Crippen LogP contribution in [0.1, 0.15) is 21.5 Å². The lowest BCUT2D eigenvalue weighted by molar-refractivity contribution is -0.118. The van der Waals surface area contributed by atoms with E-state index in [9.17, 15) is 9.59 Å². The van der Waals surface area contributed by atoms with Crippen LogP contribution < -0.4 is 20.2 Å². The van der Waals surface area contributed by atoms with E-state index in [1.165, 1.54) is 13.3 Å². The zero-order valence-electron chi connectivity index (χ0n) is 19.4. The van der Waals surface area contributed by atoms with Crippen molar-refractivity contribution in [3.63, 3.8) is 0 Å². The normalized spacial score (nSPS) is 10.8. The van der Waals surface area contributed by atoms with Crippen LogP contribution in [0, 0.1) is 6.92 Å². The second kappa shape index (κ2) is 11.0. The Kier molecular flexibility index (Phi) is 7.37. The van der Waals surface area contributed by atoms with Gasteiger partial charge in [0.2, 0.25) is 0 Å². The number of carbonyl (C=O) groups is 2. The number of fused-ring (bicyclic) bond motifs is 1. The van der Waals surface area contributed by atoms with Crippen LogP contribution in [-0.2, 0) is 4.79 Å². The average Bonchev–Trinajstić information content (AvgIpc) is 2.88. The fraction of sp³-hybridized carbons (Fsp3) is 0.107. The van der Waals surface area contributed by atoms with Gasteiger partial charge < -0.3 is 14.8 Å². The average molecular weight is 468 g/mol. The monoisotopic (exact) mass is 467 g/mol. The van der Waals surface area contributed by atoms with E-state index in [1.54, 1.807) is 24.3 Å². The van der Waals surface area contributed by atoms with Crippen molar-refractivity contribution in [2.24, 2.45) is 5.10 Å². The zero-order valence-corrected chi connectivity index (χ0v) is 19.4. The number of hydrazone groups is 1. The van der Waals surface area contributed by atoms with Gasteiger partial charge in [-0.05, 0) is 54.1 Å². The summed E-state index contributed by atoms with van der Waals surface area (Å²) in [5, 5.41) is 8.76. The molecule has 4 rings (SSSR count). The van der Waals surface area contributed by atoms with E-state index in [1.807, 2.05) is 67.6 Å². The Labute approximate surface area is 203 Å². The molecular weight excluding hydrogens is 442 g/mol. The molecule has 0 fully saturated rings. The lowest BCUT2D eigenvalue weighted by Gasteiger charge is -2.10. The molecule has 7 nitrogen and oxygen atoms in total. The summed E-state index contributed by atoms with van der Waals surface area (Å²) < 4.78 is 11.1. The minimum Gasteiger partial charge on any atom is -0.496 e. The second-order valence-electron chi connectivity index (χ2n) is 7.84. The Morgan fingerprint density at radius 2 is 1.57 bits per heavy atom. The SMILES string of the molecule is COc1cc2ccccc2cc1C(=O)N/N=C\c1ccccc1OCC(=O)Nc1ccc(C)cc1. The number of para-hydroxylation sites is 1. The maximum absolute atomic E-state index is 12.8. The Morgan fingerprint density at radius 1 is 0.886 bits per heavy atom. The largest absolute Gasteiger partial charge is 0.496 e. The molecule has 0 unspecified atom stereocenters. The standard InChI is InChI=1S/C28H25N3O4/c1-19-11-13-23(14-12-19)30-27(32)18-35-25-10-6-5-9-22(25)17-29-31-28(33)24-15-20-7-3-4-8-21(20)16-26(24)34-2/h3-17H,18H2,1-2H3,(H,30,32)(H,31,33)/b29-17-. The summed E-state index contributed by atoms with van der Waals surface area (Å²) in [7, 11) is 1.52. The van der Waals surface area contributed by atoms with Gasteiger partial charge in [0.15, 0.2) is 6.61 Å². The van der Waals surface area contributed by atoms with Gasteiger partial charge in [-0.2, -0.15) is 5.10 Å². The first kappa shape index (κ1) is 23.5. The fourth-order valence-corrected chi connectivity index (χ4v) is 3.48. The smallest absolute Gasteiger partial charge is 0.275 e. The van der Waals surface area contributed by atoms with Crippen LogP contribution >= 0.6 is 0 Å². The highest BCUT2D eigenvalue weighted by Crippen LogP contribution is 2.26. The van der Waals surface area contributed by atoms with Gasteiger partial charge in [0.05, 0.1) is 18.9 Å². The first-order valence-corrected chi connectivity index (χ1v) is 11.0. The summed E-state index contributed by atoms with van der Waals surface area (Å²) in [4.78, 5) is 25.0. The Balaban J connectivity index is 1.40. The number of hydrogen-bond acceptors (Lipinski definition) is 5. The second-order valence-corrected chi connectivity index (χ2v) is 7.84. The van der Waals surface area contributed by atoms with Crippen molar-refractivity contribution in [3.05, 3.63) is 102 Å². The summed E-state index contributed by atoms with van der Waals surface area (Å²) in [5.41, 5.74) is 5.33. The van der Waals surface area contributed by atoms with Gasteiger partial charge in [0.1, 0.15) is 11.5 Å². The van der Waals surface area contributed by atoms with E-state index >= 15 is 0 Å². The van der Waals surface area contributed by atoms with Crippen molar-refractivity contribution >= 4 is 34.5 Å². The Morgan fingerprint density at radius 3 is 2.31 bits per heavy atom. The van der Waals surface area contributed by atoms with Crippen LogP contribution in [0.25, 0.3) is 10.8 Å². The number of carbonyl (C=O) groups excluding carboxylic acids is 2. The third-order valence-electron chi connectivity index (χ3n) is 5.30. The predicted molar refractivity (Wildman–Crippen MR) is 137 cm³/mol. The summed E-state index contributed by atoms with van der Waals surface area (Å²) >= 11 is 0. The van der Waals surface area contributed by atoms with Gasteiger partial charge in [-0.3, -0.25) is 9.59 Å². The molecule has 4 aromatic carbocycles. The molecule has 0 aliphatic heterocycles. The van der Waals surface area contributed by atoms with Gasteiger partial charge in [-0.25, -0.2) is 5.43 Å². The number of anilines is 1. The highest BCUT2D eigenvalue weighted by molar-refractivity contribution is 6.02. The van der Waals surface area contributed by atoms with E-state index in [0.717, 1.165) is 16.3 Å². The van der Waals surface area contributed by atoms with E-state index < -0.39 is 5.91 Å². The number of nitrogens with zero attached hydrogens (tertiary/aromatic N) is 1. The molecule has 2 N–H and O–H groups in total. The summed E-state index contributed by atoms with van der Waals surface area (Å²) in [6.45, 7) is 1.81. The predicted octanol–water partition coefficient (Wildman–Crippen LogP) is 4.94. The van der Waals surface area contributed by atoms with Crippen molar-refractivity contribution < 1.29 is 19.1 Å². The molecule has 0 aliphatic rings. The Hall–Kier alpha value is -4.65. The number of hydrogen-bond donors (Lipinski definition) is 2. The topological polar surface area (TPSA) is 89.0 Å². The first-order chi connectivity index (χ1) is 17.0. The van der Waals surface area contributed by atoms with Gasteiger partial charge in [0.25, 0.3) is 11.8 Å². The number of rotatable bonds is 8. The minimum absolute atomic E-state index is 0.167. The van der Waals surface area contributed by atoms with Gasteiger partial charge in [-0.15, -0.1) is 0 Å². The number of aryl methyl sites for hydroxylation is 1. The molecule has 7 heteroatoms. The third kappa shape index (κ3) is 6.03. The molecule has 0 aliphatic carbocycles. The first-order valence-electron chi connectivity index (χ1n) is 11.0. The molecule has 0 atom stereocenters. The molecular formula is C28H25N3O4. The summed E-state index contributed by atoms with van der Waals surface area (Å²) in [6.07, 6.45) is 1.47. The number of benzene rings is 4. The van der Waals surface area contributed by atoms with Crippen molar-refractivity contribution in [2.45, 2.75) is 6.92 Å². The van der Waals surface area contributed by atoms with E-state index in [0.29, 0.717) is 28.3 Å². The van der Waals surface area contributed by atoms with Crippen LogP contribution in [0.3, 0.4) is 0 Å². The highest BCUT2D eigenvalue weighted by atomic mass is 16.5. The molecule has 176 valence electrons. The number of ether oxygens (including phenoxy) is 2. The molecule has 4 aromatic rings. The van der Waals surface area contributed by atoms with Crippen molar-refractivity contribution in [2.75, 3.05) is 19.0 Å². The van der Waals surface area contributed by atoms with Gasteiger partial charge in [-0.1, -0.05) is 54.1 Å². The van der Waals surface area contributed by atoms with Crippen molar-refractivity contribution in [1.82, 2.24) is 5.43 Å². The van der Waals surface area contributed by atoms with Gasteiger partial charge >= 0.3 is 0 Å². The van der Waals surface area contributed by atoms with Gasteiger partial charge in [0, 0.05) is 11.3 Å². The third-order valence-corrected chi connectivity index (χ3v) is 5.30. The van der Waals surface area contributed by atoms with E-state index in [-0.39, 0.29) is 12.5 Å². The van der Waals surface area contributed by atoms with E-state index in [2.05, 4.69) is 15.8 Å². The number of nitrogens with one attached hydrogen (secondary N) is 2. The van der Waals surface area contributed by atoms with Crippen LogP contribution in [0.2, 0.25) is 0 Å².